The highest BCUT2D eigenvalue weighted by Crippen LogP contribution is 2.42. The highest BCUT2D eigenvalue weighted by Gasteiger charge is 2.36. The third-order valence-electron chi connectivity index (χ3n) is 4.28. The molecule has 0 fully saturated rings. The Kier molecular flexibility index (Phi) is 2.77. The van der Waals surface area contributed by atoms with Gasteiger partial charge in [0.1, 0.15) is 17.3 Å². The van der Waals surface area contributed by atoms with Crippen LogP contribution < -0.4 is 4.74 Å². The lowest BCUT2D eigenvalue weighted by atomic mass is 9.70. The Morgan fingerprint density at radius 1 is 1.32 bits per heavy atom. The van der Waals surface area contributed by atoms with Crippen LogP contribution in [0.2, 0.25) is 0 Å². The van der Waals surface area contributed by atoms with E-state index in [0.29, 0.717) is 18.3 Å². The molecule has 2 atom stereocenters. The Hall–Kier alpha value is -1.90. The van der Waals surface area contributed by atoms with E-state index < -0.39 is 0 Å². The third kappa shape index (κ3) is 2.21. The molecule has 0 radical (unpaired) electrons. The minimum atomic E-state index is 0.0157. The van der Waals surface area contributed by atoms with Crippen LogP contribution >= 0.6 is 0 Å². The van der Waals surface area contributed by atoms with Crippen molar-refractivity contribution >= 4 is 0 Å². The molecule has 0 saturated heterocycles. The lowest BCUT2D eigenvalue weighted by Crippen LogP contribution is -2.35. The highest BCUT2D eigenvalue weighted by molar-refractivity contribution is 5.42. The Balaban J connectivity index is 1.83. The number of benzene rings is 1. The van der Waals surface area contributed by atoms with E-state index in [-0.39, 0.29) is 11.2 Å². The van der Waals surface area contributed by atoms with Gasteiger partial charge in [-0.1, -0.05) is 19.1 Å². The third-order valence-corrected chi connectivity index (χ3v) is 4.28. The average Bonchev–Trinajstić information content (AvgIpc) is 2.42. The minimum absolute atomic E-state index is 0.0157. The summed E-state index contributed by atoms with van der Waals surface area (Å²) >= 11 is 0. The van der Waals surface area contributed by atoms with Crippen LogP contribution in [0, 0.1) is 11.3 Å². The van der Waals surface area contributed by atoms with Crippen LogP contribution in [0.1, 0.15) is 18.9 Å². The number of rotatable bonds is 1. The first-order valence-corrected chi connectivity index (χ1v) is 6.60. The number of aliphatic hydroxyl groups is 1. The van der Waals surface area contributed by atoms with Crippen molar-refractivity contribution in [1.29, 1.82) is 0 Å². The molecule has 0 spiro atoms. The van der Waals surface area contributed by atoms with Crippen molar-refractivity contribution in [2.45, 2.75) is 19.8 Å². The Bertz CT molecular complexity index is 559. The summed E-state index contributed by atoms with van der Waals surface area (Å²) in [5.74, 6) is 1.76. The van der Waals surface area contributed by atoms with Crippen molar-refractivity contribution in [3.05, 3.63) is 47.7 Å². The topological polar surface area (TPSA) is 49.7 Å². The van der Waals surface area contributed by atoms with Crippen LogP contribution in [0.5, 0.6) is 11.5 Å². The van der Waals surface area contributed by atoms with Gasteiger partial charge in [-0.2, -0.15) is 0 Å². The number of aromatic hydroxyl groups is 1. The second-order valence-corrected chi connectivity index (χ2v) is 5.68. The van der Waals surface area contributed by atoms with Crippen molar-refractivity contribution < 1.29 is 14.9 Å². The first-order chi connectivity index (χ1) is 9.07. The van der Waals surface area contributed by atoms with Crippen LogP contribution in [0.3, 0.4) is 0 Å². The molecule has 3 nitrogen and oxygen atoms in total. The van der Waals surface area contributed by atoms with Gasteiger partial charge in [0.25, 0.3) is 0 Å². The first kappa shape index (κ1) is 12.2. The number of ether oxygens (including phenoxy) is 1. The van der Waals surface area contributed by atoms with Crippen molar-refractivity contribution in [3.63, 3.8) is 0 Å². The predicted molar refractivity (Wildman–Crippen MR) is 73.4 cm³/mol. The molecule has 1 aromatic carbocycles. The molecule has 1 unspecified atom stereocenters. The van der Waals surface area contributed by atoms with Crippen LogP contribution in [-0.4, -0.2) is 16.8 Å². The fourth-order valence-electron chi connectivity index (χ4n) is 2.82. The smallest absolute Gasteiger partial charge is 0.126 e. The molecule has 0 saturated carbocycles. The van der Waals surface area contributed by atoms with Crippen LogP contribution in [0.15, 0.2) is 42.2 Å². The molecular weight excluding hydrogens is 240 g/mol. The van der Waals surface area contributed by atoms with Crippen LogP contribution in [0.4, 0.5) is 0 Å². The molecule has 1 heterocycles. The summed E-state index contributed by atoms with van der Waals surface area (Å²) in [4.78, 5) is 0. The van der Waals surface area contributed by atoms with E-state index in [9.17, 15) is 10.2 Å². The molecule has 2 aliphatic rings. The summed E-state index contributed by atoms with van der Waals surface area (Å²) in [6.45, 7) is 2.85. The van der Waals surface area contributed by atoms with E-state index in [2.05, 4.69) is 13.0 Å². The zero-order chi connectivity index (χ0) is 13.5. The Morgan fingerprint density at radius 3 is 2.89 bits per heavy atom. The van der Waals surface area contributed by atoms with E-state index in [1.165, 1.54) is 0 Å². The molecule has 3 rings (SSSR count). The fraction of sp³-hybridized carbons (Fsp3) is 0.375. The van der Waals surface area contributed by atoms with Gasteiger partial charge in [0.2, 0.25) is 0 Å². The molecule has 0 aromatic heterocycles. The van der Waals surface area contributed by atoms with E-state index in [0.717, 1.165) is 24.2 Å². The largest absolute Gasteiger partial charge is 0.508 e. The number of hydrogen-bond acceptors (Lipinski definition) is 3. The van der Waals surface area contributed by atoms with Gasteiger partial charge in [-0.25, -0.2) is 0 Å². The standard InChI is InChI=1S/C16H18O3/c1-16(6-4-13(17)5-7-16)12-8-11-2-3-14(18)9-15(11)19-10-12/h2-6,9,12,17-18H,7-8,10H2,1H3/t12-,16?/m1/s1. The Morgan fingerprint density at radius 2 is 2.16 bits per heavy atom. The number of aliphatic hydroxyl groups excluding tert-OH is 1. The first-order valence-electron chi connectivity index (χ1n) is 6.60. The fourth-order valence-corrected chi connectivity index (χ4v) is 2.82. The predicted octanol–water partition coefficient (Wildman–Crippen LogP) is 3.35. The molecule has 2 N–H and O–H groups in total. The lowest BCUT2D eigenvalue weighted by molar-refractivity contribution is 0.133. The molecular formula is C16H18O3. The molecule has 0 amide bonds. The molecule has 1 aromatic rings. The van der Waals surface area contributed by atoms with Gasteiger partial charge < -0.3 is 14.9 Å². The second kappa shape index (κ2) is 4.34. The zero-order valence-corrected chi connectivity index (χ0v) is 11.0. The maximum atomic E-state index is 9.46. The van der Waals surface area contributed by atoms with Gasteiger partial charge >= 0.3 is 0 Å². The van der Waals surface area contributed by atoms with Crippen molar-refractivity contribution in [1.82, 2.24) is 0 Å². The minimum Gasteiger partial charge on any atom is -0.508 e. The average molecular weight is 258 g/mol. The lowest BCUT2D eigenvalue weighted by Gasteiger charge is -2.38. The van der Waals surface area contributed by atoms with Crippen molar-refractivity contribution in [2.75, 3.05) is 6.61 Å². The van der Waals surface area contributed by atoms with Gasteiger partial charge in [-0.05, 0) is 42.0 Å². The summed E-state index contributed by atoms with van der Waals surface area (Å²) in [7, 11) is 0. The molecule has 100 valence electrons. The van der Waals surface area contributed by atoms with Crippen LogP contribution in [-0.2, 0) is 6.42 Å². The maximum Gasteiger partial charge on any atom is 0.126 e. The van der Waals surface area contributed by atoms with Crippen LogP contribution in [0.25, 0.3) is 0 Å². The molecule has 0 bridgehead atoms. The molecule has 3 heteroatoms. The number of allylic oxidation sites excluding steroid dienone is 3. The maximum absolute atomic E-state index is 9.46. The van der Waals surface area contributed by atoms with E-state index in [1.54, 1.807) is 18.2 Å². The normalized spacial score (nSPS) is 29.3. The van der Waals surface area contributed by atoms with E-state index >= 15 is 0 Å². The Labute approximate surface area is 112 Å². The number of phenolic OH excluding ortho intramolecular Hbond substituents is 1. The van der Waals surface area contributed by atoms with Crippen molar-refractivity contribution in [2.24, 2.45) is 11.3 Å². The van der Waals surface area contributed by atoms with Gasteiger partial charge in [0.05, 0.1) is 6.61 Å². The molecule has 1 aliphatic heterocycles. The monoisotopic (exact) mass is 258 g/mol. The summed E-state index contributed by atoms with van der Waals surface area (Å²) in [6, 6.07) is 5.31. The second-order valence-electron chi connectivity index (χ2n) is 5.68. The zero-order valence-electron chi connectivity index (χ0n) is 11.0. The quantitative estimate of drug-likeness (QED) is 0.812. The van der Waals surface area contributed by atoms with E-state index in [4.69, 9.17) is 4.74 Å². The number of phenols is 1. The van der Waals surface area contributed by atoms with Gasteiger partial charge in [0.15, 0.2) is 0 Å². The van der Waals surface area contributed by atoms with Gasteiger partial charge in [-0.3, -0.25) is 0 Å². The van der Waals surface area contributed by atoms with Gasteiger partial charge in [0, 0.05) is 12.0 Å². The highest BCUT2D eigenvalue weighted by atomic mass is 16.5. The van der Waals surface area contributed by atoms with E-state index in [1.807, 2.05) is 12.1 Å². The van der Waals surface area contributed by atoms with Gasteiger partial charge in [-0.15, -0.1) is 0 Å². The SMILES string of the molecule is CC1([C@H]2COc3cc(O)ccc3C2)C=CC(O)=CC1. The summed E-state index contributed by atoms with van der Waals surface area (Å²) < 4.78 is 5.79. The molecule has 1 aliphatic carbocycles. The summed E-state index contributed by atoms with van der Waals surface area (Å²) in [5.41, 5.74) is 1.16. The summed E-state index contributed by atoms with van der Waals surface area (Å²) in [6.07, 6.45) is 7.49. The van der Waals surface area contributed by atoms with Crippen molar-refractivity contribution in [3.8, 4) is 11.5 Å². The number of hydrogen-bond donors (Lipinski definition) is 2. The molecule has 19 heavy (non-hydrogen) atoms. The summed E-state index contributed by atoms with van der Waals surface area (Å²) in [5, 5.41) is 18.9. The number of fused-ring (bicyclic) bond motifs is 1.